The second-order valence-electron chi connectivity index (χ2n) is 7.53. The fraction of sp³-hybridized carbons (Fsp3) is 0.280. The maximum atomic E-state index is 13.3. The lowest BCUT2D eigenvalue weighted by atomic mass is 10.2. The van der Waals surface area contributed by atoms with Crippen LogP contribution in [0.1, 0.15) is 10.4 Å². The van der Waals surface area contributed by atoms with Crippen molar-refractivity contribution in [2.24, 2.45) is 0 Å². The summed E-state index contributed by atoms with van der Waals surface area (Å²) in [6.45, 7) is 1.10. The molecule has 180 valence electrons. The number of ether oxygens (including phenoxy) is 2. The van der Waals surface area contributed by atoms with E-state index < -0.39 is 6.03 Å². The second-order valence-corrected chi connectivity index (χ2v) is 8.56. The molecule has 1 N–H and O–H groups in total. The molecule has 9 heteroatoms. The van der Waals surface area contributed by atoms with E-state index in [1.165, 1.54) is 17.0 Å². The van der Waals surface area contributed by atoms with Gasteiger partial charge in [0.05, 0.1) is 20.3 Å². The van der Waals surface area contributed by atoms with Crippen LogP contribution in [0.2, 0.25) is 0 Å². The molecule has 3 aromatic rings. The predicted molar refractivity (Wildman–Crippen MR) is 130 cm³/mol. The maximum absolute atomic E-state index is 13.3. The summed E-state index contributed by atoms with van der Waals surface area (Å²) < 4.78 is 23.6. The summed E-state index contributed by atoms with van der Waals surface area (Å²) >= 11 is 1.55. The number of hydrogen-bond acceptors (Lipinski definition) is 5. The van der Waals surface area contributed by atoms with E-state index in [-0.39, 0.29) is 31.4 Å². The van der Waals surface area contributed by atoms with E-state index >= 15 is 0 Å². The van der Waals surface area contributed by atoms with Crippen LogP contribution in [0.4, 0.5) is 14.9 Å². The van der Waals surface area contributed by atoms with E-state index in [2.05, 4.69) is 5.32 Å². The molecular weight excluding hydrogens is 457 g/mol. The monoisotopic (exact) mass is 485 g/mol. The number of hydrogen-bond donors (Lipinski definition) is 1. The number of rotatable bonds is 11. The molecule has 2 aromatic carbocycles. The van der Waals surface area contributed by atoms with Gasteiger partial charge in [0.2, 0.25) is 5.91 Å². The molecule has 3 rings (SSSR count). The molecule has 0 saturated carbocycles. The second kappa shape index (κ2) is 12.7. The third-order valence-corrected chi connectivity index (χ3v) is 5.95. The van der Waals surface area contributed by atoms with E-state index in [9.17, 15) is 14.0 Å². The third kappa shape index (κ3) is 7.57. The largest absolute Gasteiger partial charge is 0.497 e. The van der Waals surface area contributed by atoms with E-state index in [4.69, 9.17) is 9.47 Å². The average molecular weight is 486 g/mol. The smallest absolute Gasteiger partial charge is 0.322 e. The number of nitrogens with zero attached hydrogens (tertiary/aromatic N) is 2. The van der Waals surface area contributed by atoms with Crippen molar-refractivity contribution < 1.29 is 23.5 Å². The Bertz CT molecular complexity index is 1040. The Morgan fingerprint density at radius 2 is 1.71 bits per heavy atom. The lowest BCUT2D eigenvalue weighted by Crippen LogP contribution is -2.45. The van der Waals surface area contributed by atoms with E-state index in [0.29, 0.717) is 24.5 Å². The normalized spacial score (nSPS) is 10.6. The Hall–Kier alpha value is -3.43. The topological polar surface area (TPSA) is 71.1 Å². The first-order chi connectivity index (χ1) is 16.5. The molecule has 0 bridgehead atoms. The van der Waals surface area contributed by atoms with Crippen LogP contribution in [0.15, 0.2) is 66.0 Å². The van der Waals surface area contributed by atoms with E-state index in [1.807, 2.05) is 17.5 Å². The maximum Gasteiger partial charge on any atom is 0.322 e. The van der Waals surface area contributed by atoms with Crippen molar-refractivity contribution in [1.82, 2.24) is 9.80 Å². The SMILES string of the molecule is COCCN(CC(=O)N(Cc1ccc(F)cc1)Cc1cccs1)C(=O)Nc1ccc(OC)cc1. The van der Waals surface area contributed by atoms with Gasteiger partial charge in [0.1, 0.15) is 18.1 Å². The average Bonchev–Trinajstić information content (AvgIpc) is 3.36. The summed E-state index contributed by atoms with van der Waals surface area (Å²) in [6.07, 6.45) is 0. The molecule has 3 amide bonds. The number of benzene rings is 2. The highest BCUT2D eigenvalue weighted by atomic mass is 32.1. The van der Waals surface area contributed by atoms with Gasteiger partial charge in [-0.2, -0.15) is 0 Å². The molecule has 1 aromatic heterocycles. The highest BCUT2D eigenvalue weighted by Crippen LogP contribution is 2.17. The third-order valence-electron chi connectivity index (χ3n) is 5.09. The van der Waals surface area contributed by atoms with Crippen molar-refractivity contribution in [2.45, 2.75) is 13.1 Å². The van der Waals surface area contributed by atoms with E-state index in [1.54, 1.807) is 66.9 Å². The fourth-order valence-electron chi connectivity index (χ4n) is 3.23. The van der Waals surface area contributed by atoms with Gasteiger partial charge in [-0.1, -0.05) is 18.2 Å². The van der Waals surface area contributed by atoms with Crippen molar-refractivity contribution >= 4 is 29.0 Å². The molecule has 0 atom stereocenters. The first kappa shape index (κ1) is 25.2. The Morgan fingerprint density at radius 1 is 0.971 bits per heavy atom. The van der Waals surface area contributed by atoms with Gasteiger partial charge in [0.25, 0.3) is 0 Å². The van der Waals surface area contributed by atoms with Gasteiger partial charge in [-0.3, -0.25) is 4.79 Å². The molecular formula is C25H28FN3O4S. The number of amides is 3. The van der Waals surface area contributed by atoms with Crippen molar-refractivity contribution in [3.8, 4) is 5.75 Å². The minimum atomic E-state index is -0.409. The molecule has 7 nitrogen and oxygen atoms in total. The lowest BCUT2D eigenvalue weighted by Gasteiger charge is -2.27. The Morgan fingerprint density at radius 3 is 2.32 bits per heavy atom. The first-order valence-corrected chi connectivity index (χ1v) is 11.6. The summed E-state index contributed by atoms with van der Waals surface area (Å²) in [7, 11) is 3.11. The summed E-state index contributed by atoms with van der Waals surface area (Å²) in [5.74, 6) is 0.119. The number of carbonyl (C=O) groups is 2. The van der Waals surface area contributed by atoms with E-state index in [0.717, 1.165) is 10.4 Å². The minimum Gasteiger partial charge on any atom is -0.497 e. The van der Waals surface area contributed by atoms with Crippen LogP contribution in [-0.4, -0.2) is 55.7 Å². The highest BCUT2D eigenvalue weighted by molar-refractivity contribution is 7.09. The minimum absolute atomic E-state index is 0.127. The number of halogens is 1. The summed E-state index contributed by atoms with van der Waals surface area (Å²) in [6, 6.07) is 16.5. The van der Waals surface area contributed by atoms with Crippen molar-refractivity contribution in [2.75, 3.05) is 39.2 Å². The molecule has 0 unspecified atom stereocenters. The molecule has 0 spiro atoms. The van der Waals surface area contributed by atoms with Crippen LogP contribution in [0.5, 0.6) is 5.75 Å². The first-order valence-electron chi connectivity index (χ1n) is 10.7. The number of urea groups is 1. The summed E-state index contributed by atoms with van der Waals surface area (Å²) in [5.41, 5.74) is 1.39. The molecule has 0 aliphatic heterocycles. The van der Waals surface area contributed by atoms with Crippen molar-refractivity contribution in [1.29, 1.82) is 0 Å². The number of anilines is 1. The summed E-state index contributed by atoms with van der Waals surface area (Å²) in [4.78, 5) is 30.4. The molecule has 1 heterocycles. The molecule has 0 aliphatic carbocycles. The van der Waals surface area contributed by atoms with Gasteiger partial charge in [0.15, 0.2) is 0 Å². The van der Waals surface area contributed by atoms with Crippen LogP contribution in [0.25, 0.3) is 0 Å². The molecule has 0 saturated heterocycles. The summed E-state index contributed by atoms with van der Waals surface area (Å²) in [5, 5.41) is 4.76. The van der Waals surface area contributed by atoms with Gasteiger partial charge < -0.3 is 24.6 Å². The van der Waals surface area contributed by atoms with Crippen LogP contribution in [0.3, 0.4) is 0 Å². The Labute approximate surface area is 202 Å². The van der Waals surface area contributed by atoms with Crippen LogP contribution >= 0.6 is 11.3 Å². The predicted octanol–water partition coefficient (Wildman–Crippen LogP) is 4.61. The lowest BCUT2D eigenvalue weighted by molar-refractivity contribution is -0.133. The quantitative estimate of drug-likeness (QED) is 0.431. The number of nitrogens with one attached hydrogen (secondary N) is 1. The zero-order valence-electron chi connectivity index (χ0n) is 19.2. The number of thiophene rings is 1. The van der Waals surface area contributed by atoms with Crippen LogP contribution < -0.4 is 10.1 Å². The van der Waals surface area contributed by atoms with Gasteiger partial charge in [-0.05, 0) is 53.4 Å². The Kier molecular flexibility index (Phi) is 9.42. The Balaban J connectivity index is 1.73. The van der Waals surface area contributed by atoms with Gasteiger partial charge in [0, 0.05) is 30.8 Å². The molecule has 34 heavy (non-hydrogen) atoms. The molecule has 0 fully saturated rings. The van der Waals surface area contributed by atoms with Gasteiger partial charge >= 0.3 is 6.03 Å². The van der Waals surface area contributed by atoms with Crippen LogP contribution in [0, 0.1) is 5.82 Å². The van der Waals surface area contributed by atoms with Gasteiger partial charge in [-0.15, -0.1) is 11.3 Å². The number of methoxy groups -OCH3 is 2. The standard InChI is InChI=1S/C25H28FN3O4S/c1-32-14-13-28(25(31)27-21-9-11-22(33-2)12-10-21)18-24(30)29(17-23-4-3-15-34-23)16-19-5-7-20(26)8-6-19/h3-12,15H,13-14,16-18H2,1-2H3,(H,27,31). The zero-order valence-corrected chi connectivity index (χ0v) is 20.0. The molecule has 0 aliphatic rings. The van der Waals surface area contributed by atoms with Crippen LogP contribution in [-0.2, 0) is 22.6 Å². The number of carbonyl (C=O) groups excluding carboxylic acids is 2. The van der Waals surface area contributed by atoms with Crippen molar-refractivity contribution in [3.05, 3.63) is 82.3 Å². The van der Waals surface area contributed by atoms with Crippen molar-refractivity contribution in [3.63, 3.8) is 0 Å². The zero-order chi connectivity index (χ0) is 24.3. The highest BCUT2D eigenvalue weighted by Gasteiger charge is 2.22. The fourth-order valence-corrected chi connectivity index (χ4v) is 3.95. The molecule has 0 radical (unpaired) electrons. The van der Waals surface area contributed by atoms with Gasteiger partial charge in [-0.25, -0.2) is 9.18 Å².